The summed E-state index contributed by atoms with van der Waals surface area (Å²) in [6, 6.07) is 0.368. The van der Waals surface area contributed by atoms with E-state index >= 15 is 0 Å². The Labute approximate surface area is 99.9 Å². The lowest BCUT2D eigenvalue weighted by atomic mass is 10.0. The van der Waals surface area contributed by atoms with E-state index in [1.165, 1.54) is 11.3 Å². The number of hydrogen-bond donors (Lipinski definition) is 1. The van der Waals surface area contributed by atoms with Gasteiger partial charge in [-0.3, -0.25) is 0 Å². The Morgan fingerprint density at radius 3 is 2.62 bits per heavy atom. The average Bonchev–Trinajstić information content (AvgIpc) is 2.64. The van der Waals surface area contributed by atoms with Gasteiger partial charge in [-0.25, -0.2) is 9.78 Å². The van der Waals surface area contributed by atoms with Crippen molar-refractivity contribution >= 4 is 22.4 Å². The summed E-state index contributed by atoms with van der Waals surface area (Å²) >= 11 is 1.38. The van der Waals surface area contributed by atoms with Crippen LogP contribution in [0.1, 0.15) is 37.7 Å². The second-order valence-corrected chi connectivity index (χ2v) is 5.25. The SMILES string of the molecule is CC(C)CC(C)N(C)c1nc(C(=O)O)cs1. The summed E-state index contributed by atoms with van der Waals surface area (Å²) in [4.78, 5) is 16.8. The van der Waals surface area contributed by atoms with Crippen molar-refractivity contribution in [2.24, 2.45) is 5.92 Å². The zero-order valence-electron chi connectivity index (χ0n) is 10.1. The second-order valence-electron chi connectivity index (χ2n) is 4.41. The highest BCUT2D eigenvalue weighted by atomic mass is 32.1. The van der Waals surface area contributed by atoms with Crippen molar-refractivity contribution in [1.29, 1.82) is 0 Å². The molecule has 1 atom stereocenters. The Hall–Kier alpha value is -1.10. The molecule has 90 valence electrons. The lowest BCUT2D eigenvalue weighted by Crippen LogP contribution is -2.29. The molecule has 1 aromatic heterocycles. The molecule has 0 aromatic carbocycles. The van der Waals surface area contributed by atoms with Gasteiger partial charge < -0.3 is 10.0 Å². The molecule has 0 saturated carbocycles. The maximum absolute atomic E-state index is 10.7. The molecular formula is C11H18N2O2S. The minimum absolute atomic E-state index is 0.128. The molecule has 5 heteroatoms. The quantitative estimate of drug-likeness (QED) is 0.862. The molecule has 0 radical (unpaired) electrons. The van der Waals surface area contributed by atoms with E-state index in [0.29, 0.717) is 12.0 Å². The number of aromatic nitrogens is 1. The van der Waals surface area contributed by atoms with Crippen LogP contribution in [0.3, 0.4) is 0 Å². The number of rotatable bonds is 5. The fourth-order valence-electron chi connectivity index (χ4n) is 1.55. The van der Waals surface area contributed by atoms with E-state index in [0.717, 1.165) is 11.6 Å². The van der Waals surface area contributed by atoms with Gasteiger partial charge in [0.05, 0.1) is 0 Å². The Morgan fingerprint density at radius 2 is 2.19 bits per heavy atom. The molecule has 0 aliphatic carbocycles. The monoisotopic (exact) mass is 242 g/mol. The highest BCUT2D eigenvalue weighted by Crippen LogP contribution is 2.23. The number of carbonyl (C=O) groups is 1. The molecule has 1 unspecified atom stereocenters. The van der Waals surface area contributed by atoms with Crippen LogP contribution in [-0.4, -0.2) is 29.1 Å². The fraction of sp³-hybridized carbons (Fsp3) is 0.636. The molecule has 1 N–H and O–H groups in total. The van der Waals surface area contributed by atoms with Crippen molar-refractivity contribution in [1.82, 2.24) is 4.98 Å². The molecular weight excluding hydrogens is 224 g/mol. The van der Waals surface area contributed by atoms with E-state index in [9.17, 15) is 4.79 Å². The zero-order valence-corrected chi connectivity index (χ0v) is 10.9. The summed E-state index contributed by atoms with van der Waals surface area (Å²) < 4.78 is 0. The number of hydrogen-bond acceptors (Lipinski definition) is 4. The van der Waals surface area contributed by atoms with Crippen molar-refractivity contribution < 1.29 is 9.90 Å². The third kappa shape index (κ3) is 3.20. The smallest absolute Gasteiger partial charge is 0.355 e. The lowest BCUT2D eigenvalue weighted by Gasteiger charge is -2.25. The number of nitrogens with zero attached hydrogens (tertiary/aromatic N) is 2. The van der Waals surface area contributed by atoms with Gasteiger partial charge in [0.2, 0.25) is 0 Å². The average molecular weight is 242 g/mol. The van der Waals surface area contributed by atoms with Gasteiger partial charge in [0.1, 0.15) is 0 Å². The Bertz CT molecular complexity index is 363. The molecule has 16 heavy (non-hydrogen) atoms. The van der Waals surface area contributed by atoms with Crippen LogP contribution in [0, 0.1) is 5.92 Å². The summed E-state index contributed by atoms with van der Waals surface area (Å²) in [6.07, 6.45) is 1.07. The van der Waals surface area contributed by atoms with E-state index in [1.54, 1.807) is 5.38 Å². The van der Waals surface area contributed by atoms with E-state index in [-0.39, 0.29) is 5.69 Å². The van der Waals surface area contributed by atoms with E-state index in [1.807, 2.05) is 11.9 Å². The second kappa shape index (κ2) is 5.30. The van der Waals surface area contributed by atoms with Gasteiger partial charge in [0, 0.05) is 18.5 Å². The molecule has 0 aliphatic heterocycles. The van der Waals surface area contributed by atoms with E-state index in [4.69, 9.17) is 5.11 Å². The molecule has 0 aliphatic rings. The van der Waals surface area contributed by atoms with Gasteiger partial charge in [0.25, 0.3) is 0 Å². The van der Waals surface area contributed by atoms with Crippen molar-refractivity contribution in [3.05, 3.63) is 11.1 Å². The Kier molecular flexibility index (Phi) is 4.29. The van der Waals surface area contributed by atoms with Gasteiger partial charge in [0.15, 0.2) is 10.8 Å². The maximum Gasteiger partial charge on any atom is 0.355 e. The molecule has 1 rings (SSSR count). The van der Waals surface area contributed by atoms with Crippen LogP contribution in [0.4, 0.5) is 5.13 Å². The third-order valence-corrected chi connectivity index (χ3v) is 3.42. The summed E-state index contributed by atoms with van der Waals surface area (Å²) in [6.45, 7) is 6.48. The first-order valence-corrected chi connectivity index (χ1v) is 6.21. The highest BCUT2D eigenvalue weighted by Gasteiger charge is 2.16. The summed E-state index contributed by atoms with van der Waals surface area (Å²) in [7, 11) is 1.96. The van der Waals surface area contributed by atoms with Gasteiger partial charge in [-0.05, 0) is 19.3 Å². The molecule has 0 fully saturated rings. The predicted molar refractivity (Wildman–Crippen MR) is 66.4 cm³/mol. The molecule has 4 nitrogen and oxygen atoms in total. The summed E-state index contributed by atoms with van der Waals surface area (Å²) in [5.41, 5.74) is 0.128. The van der Waals surface area contributed by atoms with E-state index < -0.39 is 5.97 Å². The van der Waals surface area contributed by atoms with Crippen LogP contribution < -0.4 is 4.90 Å². The number of carboxylic acids is 1. The first-order chi connectivity index (χ1) is 7.41. The van der Waals surface area contributed by atoms with Crippen LogP contribution in [0.25, 0.3) is 0 Å². The van der Waals surface area contributed by atoms with Crippen LogP contribution in [0.2, 0.25) is 0 Å². The maximum atomic E-state index is 10.7. The van der Waals surface area contributed by atoms with Crippen LogP contribution >= 0.6 is 11.3 Å². The standard InChI is InChI=1S/C11H18N2O2S/c1-7(2)5-8(3)13(4)11-12-9(6-16-11)10(14)15/h6-8H,5H2,1-4H3,(H,14,15). The molecule has 1 heterocycles. The number of anilines is 1. The summed E-state index contributed by atoms with van der Waals surface area (Å²) in [5, 5.41) is 11.1. The molecule has 1 aromatic rings. The Morgan fingerprint density at radius 1 is 1.56 bits per heavy atom. The topological polar surface area (TPSA) is 53.4 Å². The van der Waals surface area contributed by atoms with Gasteiger partial charge >= 0.3 is 5.97 Å². The molecule has 0 amide bonds. The van der Waals surface area contributed by atoms with E-state index in [2.05, 4.69) is 25.8 Å². The summed E-state index contributed by atoms with van der Waals surface area (Å²) in [5.74, 6) is -0.344. The number of thiazole rings is 1. The molecule has 0 bridgehead atoms. The van der Waals surface area contributed by atoms with Crippen molar-refractivity contribution in [3.8, 4) is 0 Å². The molecule has 0 spiro atoms. The first-order valence-electron chi connectivity index (χ1n) is 5.33. The van der Waals surface area contributed by atoms with Gasteiger partial charge in [-0.1, -0.05) is 13.8 Å². The first kappa shape index (κ1) is 13.0. The minimum atomic E-state index is -0.965. The van der Waals surface area contributed by atoms with Crippen molar-refractivity contribution in [2.75, 3.05) is 11.9 Å². The zero-order chi connectivity index (χ0) is 12.3. The van der Waals surface area contributed by atoms with Crippen molar-refractivity contribution in [2.45, 2.75) is 33.2 Å². The van der Waals surface area contributed by atoms with Gasteiger partial charge in [-0.15, -0.1) is 11.3 Å². The number of aromatic carboxylic acids is 1. The van der Waals surface area contributed by atoms with Crippen LogP contribution in [-0.2, 0) is 0 Å². The normalized spacial score (nSPS) is 12.8. The Balaban J connectivity index is 2.71. The van der Waals surface area contributed by atoms with Crippen molar-refractivity contribution in [3.63, 3.8) is 0 Å². The molecule has 0 saturated heterocycles. The lowest BCUT2D eigenvalue weighted by molar-refractivity contribution is 0.0691. The van der Waals surface area contributed by atoms with Crippen LogP contribution in [0.5, 0.6) is 0 Å². The number of carboxylic acid groups (broad SMARTS) is 1. The van der Waals surface area contributed by atoms with Crippen LogP contribution in [0.15, 0.2) is 5.38 Å². The van der Waals surface area contributed by atoms with Gasteiger partial charge in [-0.2, -0.15) is 0 Å². The largest absolute Gasteiger partial charge is 0.476 e. The highest BCUT2D eigenvalue weighted by molar-refractivity contribution is 7.13. The third-order valence-electron chi connectivity index (χ3n) is 2.49. The predicted octanol–water partition coefficient (Wildman–Crippen LogP) is 2.71. The minimum Gasteiger partial charge on any atom is -0.476 e. The fourth-order valence-corrected chi connectivity index (χ4v) is 2.42.